The van der Waals surface area contributed by atoms with Crippen LogP contribution in [0.4, 0.5) is 0 Å². The molecule has 1 aromatic carbocycles. The molecule has 1 unspecified atom stereocenters. The number of aliphatic hydroxyl groups is 1. The third kappa shape index (κ3) is 2.60. The standard InChI is InChI=1S/C12H14N2O3S/c1-14-7-6-11(13-14)12(15)9-4-3-5-10(8-9)18(2,16)17/h3-8,12,15H,1-2H3. The van der Waals surface area contributed by atoms with Crippen LogP contribution in [0.15, 0.2) is 41.4 Å². The number of rotatable bonds is 3. The molecular weight excluding hydrogens is 252 g/mol. The Bertz CT molecular complexity index is 661. The lowest BCUT2D eigenvalue weighted by Gasteiger charge is -2.09. The first-order chi connectivity index (χ1) is 8.38. The Kier molecular flexibility index (Phi) is 3.23. The van der Waals surface area contributed by atoms with Crippen LogP contribution in [-0.4, -0.2) is 29.6 Å². The fourth-order valence-corrected chi connectivity index (χ4v) is 2.34. The Hall–Kier alpha value is -1.66. The fourth-order valence-electron chi connectivity index (χ4n) is 1.66. The highest BCUT2D eigenvalue weighted by molar-refractivity contribution is 7.90. The van der Waals surface area contributed by atoms with Gasteiger partial charge in [0.05, 0.1) is 10.6 Å². The molecule has 5 nitrogen and oxygen atoms in total. The minimum Gasteiger partial charge on any atom is -0.382 e. The van der Waals surface area contributed by atoms with Crippen LogP contribution in [0.1, 0.15) is 17.4 Å². The van der Waals surface area contributed by atoms with Crippen molar-refractivity contribution < 1.29 is 13.5 Å². The average Bonchev–Trinajstić information content (AvgIpc) is 2.74. The van der Waals surface area contributed by atoms with E-state index in [1.54, 1.807) is 36.1 Å². The van der Waals surface area contributed by atoms with Gasteiger partial charge in [-0.15, -0.1) is 0 Å². The van der Waals surface area contributed by atoms with Crippen molar-refractivity contribution in [1.29, 1.82) is 0 Å². The molecule has 0 fully saturated rings. The highest BCUT2D eigenvalue weighted by Gasteiger charge is 2.15. The molecule has 0 amide bonds. The zero-order valence-corrected chi connectivity index (χ0v) is 10.9. The molecule has 96 valence electrons. The summed E-state index contributed by atoms with van der Waals surface area (Å²) in [7, 11) is -1.52. The van der Waals surface area contributed by atoms with E-state index < -0.39 is 15.9 Å². The maximum atomic E-state index is 11.4. The molecule has 0 aliphatic rings. The second kappa shape index (κ2) is 4.55. The van der Waals surface area contributed by atoms with Crippen molar-refractivity contribution in [2.45, 2.75) is 11.0 Å². The molecule has 2 aromatic rings. The minimum atomic E-state index is -3.27. The zero-order valence-electron chi connectivity index (χ0n) is 10.1. The molecule has 0 spiro atoms. The summed E-state index contributed by atoms with van der Waals surface area (Å²) >= 11 is 0. The highest BCUT2D eigenvalue weighted by atomic mass is 32.2. The summed E-state index contributed by atoms with van der Waals surface area (Å²) in [6.45, 7) is 0. The van der Waals surface area contributed by atoms with E-state index in [1.165, 1.54) is 12.1 Å². The molecule has 0 saturated heterocycles. The van der Waals surface area contributed by atoms with Gasteiger partial charge in [0.15, 0.2) is 9.84 Å². The van der Waals surface area contributed by atoms with Gasteiger partial charge in [0.2, 0.25) is 0 Å². The summed E-state index contributed by atoms with van der Waals surface area (Å²) in [4.78, 5) is 0.190. The van der Waals surface area contributed by atoms with E-state index >= 15 is 0 Å². The number of aliphatic hydroxyl groups excluding tert-OH is 1. The predicted octanol–water partition coefficient (Wildman–Crippen LogP) is 0.905. The fraction of sp³-hybridized carbons (Fsp3) is 0.250. The monoisotopic (exact) mass is 266 g/mol. The Labute approximate surface area is 106 Å². The molecule has 0 aliphatic carbocycles. The Balaban J connectivity index is 2.40. The second-order valence-electron chi connectivity index (χ2n) is 4.16. The largest absolute Gasteiger partial charge is 0.382 e. The molecule has 1 N–H and O–H groups in total. The van der Waals surface area contributed by atoms with E-state index in [-0.39, 0.29) is 4.90 Å². The lowest BCUT2D eigenvalue weighted by atomic mass is 10.1. The predicted molar refractivity (Wildman–Crippen MR) is 66.8 cm³/mol. The topological polar surface area (TPSA) is 72.2 Å². The van der Waals surface area contributed by atoms with Crippen LogP contribution >= 0.6 is 0 Å². The van der Waals surface area contributed by atoms with Crippen molar-refractivity contribution in [3.8, 4) is 0 Å². The molecule has 1 atom stereocenters. The van der Waals surface area contributed by atoms with Crippen molar-refractivity contribution in [3.05, 3.63) is 47.8 Å². The van der Waals surface area contributed by atoms with Gasteiger partial charge in [-0.2, -0.15) is 5.10 Å². The van der Waals surface area contributed by atoms with E-state index in [2.05, 4.69) is 5.10 Å². The van der Waals surface area contributed by atoms with Gasteiger partial charge in [0.1, 0.15) is 6.10 Å². The molecule has 0 saturated carbocycles. The Morgan fingerprint density at radius 3 is 2.61 bits per heavy atom. The van der Waals surface area contributed by atoms with E-state index in [4.69, 9.17) is 0 Å². The molecule has 1 heterocycles. The van der Waals surface area contributed by atoms with Crippen LogP contribution in [0.2, 0.25) is 0 Å². The van der Waals surface area contributed by atoms with Gasteiger partial charge in [-0.1, -0.05) is 12.1 Å². The second-order valence-corrected chi connectivity index (χ2v) is 6.18. The van der Waals surface area contributed by atoms with Gasteiger partial charge in [-0.3, -0.25) is 4.68 Å². The quantitative estimate of drug-likeness (QED) is 0.896. The third-order valence-electron chi connectivity index (χ3n) is 2.62. The summed E-state index contributed by atoms with van der Waals surface area (Å²) in [6, 6.07) is 7.95. The number of hydrogen-bond donors (Lipinski definition) is 1. The molecular formula is C12H14N2O3S. The molecule has 0 aliphatic heterocycles. The molecule has 6 heteroatoms. The van der Waals surface area contributed by atoms with E-state index in [0.29, 0.717) is 11.3 Å². The van der Waals surface area contributed by atoms with Crippen molar-refractivity contribution >= 4 is 9.84 Å². The van der Waals surface area contributed by atoms with Crippen molar-refractivity contribution in [2.24, 2.45) is 7.05 Å². The molecule has 18 heavy (non-hydrogen) atoms. The van der Waals surface area contributed by atoms with Crippen molar-refractivity contribution in [2.75, 3.05) is 6.26 Å². The van der Waals surface area contributed by atoms with Gasteiger partial charge in [0, 0.05) is 19.5 Å². The summed E-state index contributed by atoms with van der Waals surface area (Å²) < 4.78 is 24.5. The number of sulfone groups is 1. The van der Waals surface area contributed by atoms with Crippen LogP contribution in [0.25, 0.3) is 0 Å². The lowest BCUT2D eigenvalue weighted by Crippen LogP contribution is -2.04. The van der Waals surface area contributed by atoms with Crippen LogP contribution in [-0.2, 0) is 16.9 Å². The third-order valence-corrected chi connectivity index (χ3v) is 3.73. The lowest BCUT2D eigenvalue weighted by molar-refractivity contribution is 0.214. The average molecular weight is 266 g/mol. The first-order valence-corrected chi connectivity index (χ1v) is 7.25. The van der Waals surface area contributed by atoms with Crippen molar-refractivity contribution in [1.82, 2.24) is 9.78 Å². The van der Waals surface area contributed by atoms with Gasteiger partial charge < -0.3 is 5.11 Å². The van der Waals surface area contributed by atoms with Gasteiger partial charge in [-0.05, 0) is 23.8 Å². The number of aryl methyl sites for hydroxylation is 1. The zero-order chi connectivity index (χ0) is 13.3. The maximum absolute atomic E-state index is 11.4. The van der Waals surface area contributed by atoms with Crippen LogP contribution in [0.5, 0.6) is 0 Å². The Morgan fingerprint density at radius 1 is 1.33 bits per heavy atom. The smallest absolute Gasteiger partial charge is 0.175 e. The summed E-state index contributed by atoms with van der Waals surface area (Å²) in [5, 5.41) is 14.2. The van der Waals surface area contributed by atoms with E-state index in [0.717, 1.165) is 6.26 Å². The van der Waals surface area contributed by atoms with Crippen LogP contribution in [0.3, 0.4) is 0 Å². The van der Waals surface area contributed by atoms with Crippen LogP contribution < -0.4 is 0 Å². The molecule has 0 bridgehead atoms. The van der Waals surface area contributed by atoms with Gasteiger partial charge >= 0.3 is 0 Å². The maximum Gasteiger partial charge on any atom is 0.175 e. The Morgan fingerprint density at radius 2 is 2.06 bits per heavy atom. The first kappa shape index (κ1) is 12.8. The van der Waals surface area contributed by atoms with Gasteiger partial charge in [-0.25, -0.2) is 8.42 Å². The molecule has 0 radical (unpaired) electrons. The number of hydrogen-bond acceptors (Lipinski definition) is 4. The minimum absolute atomic E-state index is 0.190. The number of nitrogens with zero attached hydrogens (tertiary/aromatic N) is 2. The summed E-state index contributed by atoms with van der Waals surface area (Å²) in [6.07, 6.45) is 1.94. The van der Waals surface area contributed by atoms with Crippen LogP contribution in [0, 0.1) is 0 Å². The first-order valence-electron chi connectivity index (χ1n) is 5.35. The normalized spacial score (nSPS) is 13.5. The van der Waals surface area contributed by atoms with E-state index in [9.17, 15) is 13.5 Å². The SMILES string of the molecule is Cn1ccc(C(O)c2cccc(S(C)(=O)=O)c2)n1. The van der Waals surface area contributed by atoms with E-state index in [1.807, 2.05) is 0 Å². The number of benzene rings is 1. The molecule has 1 aromatic heterocycles. The van der Waals surface area contributed by atoms with Gasteiger partial charge in [0.25, 0.3) is 0 Å². The molecule has 2 rings (SSSR count). The summed E-state index contributed by atoms with van der Waals surface area (Å²) in [5.41, 5.74) is 1.000. The summed E-state index contributed by atoms with van der Waals surface area (Å²) in [5.74, 6) is 0. The highest BCUT2D eigenvalue weighted by Crippen LogP contribution is 2.22. The number of aromatic nitrogens is 2. The van der Waals surface area contributed by atoms with Crippen molar-refractivity contribution in [3.63, 3.8) is 0 Å².